The van der Waals surface area contributed by atoms with E-state index in [2.05, 4.69) is 15.0 Å². The van der Waals surface area contributed by atoms with Crippen LogP contribution >= 0.6 is 0 Å². The lowest BCUT2D eigenvalue weighted by Crippen LogP contribution is -2.48. The molecule has 2 atom stereocenters. The highest BCUT2D eigenvalue weighted by Crippen LogP contribution is 2.30. The number of rotatable bonds is 2. The van der Waals surface area contributed by atoms with Gasteiger partial charge in [-0.2, -0.15) is 0 Å². The van der Waals surface area contributed by atoms with Crippen molar-refractivity contribution in [3.05, 3.63) is 34.4 Å². The molecule has 2 aromatic heterocycles. The third-order valence-corrected chi connectivity index (χ3v) is 4.40. The average molecular weight is 274 g/mol. The maximum Gasteiger partial charge on any atom is 0.272 e. The van der Waals surface area contributed by atoms with Gasteiger partial charge in [-0.3, -0.25) is 14.8 Å². The summed E-state index contributed by atoms with van der Waals surface area (Å²) in [5, 5.41) is 2.86. The number of fused-ring (bicyclic) bond motifs is 2. The molecule has 106 valence electrons. The number of aromatic amines is 1. The van der Waals surface area contributed by atoms with Crippen molar-refractivity contribution in [2.45, 2.75) is 38.0 Å². The lowest BCUT2D eigenvalue weighted by molar-refractivity contribution is -0.0592. The molecule has 2 fully saturated rings. The van der Waals surface area contributed by atoms with E-state index < -0.39 is 0 Å². The predicted molar refractivity (Wildman–Crippen MR) is 73.6 cm³/mol. The van der Waals surface area contributed by atoms with E-state index in [1.165, 1.54) is 17.4 Å². The summed E-state index contributed by atoms with van der Waals surface area (Å²) in [6.07, 6.45) is 5.69. The van der Waals surface area contributed by atoms with Crippen LogP contribution in [0.3, 0.4) is 0 Å². The Morgan fingerprint density at radius 3 is 3.35 bits per heavy atom. The van der Waals surface area contributed by atoms with Crippen molar-refractivity contribution < 1.29 is 4.74 Å². The minimum atomic E-state index is -0.0498. The molecular weight excluding hydrogens is 256 g/mol. The van der Waals surface area contributed by atoms with Crippen LogP contribution in [0.1, 0.15) is 25.0 Å². The van der Waals surface area contributed by atoms with Crippen LogP contribution in [0.15, 0.2) is 23.1 Å². The Bertz CT molecular complexity index is 677. The van der Waals surface area contributed by atoms with Crippen molar-refractivity contribution in [3.8, 4) is 0 Å². The number of hydrogen-bond acceptors (Lipinski definition) is 4. The van der Waals surface area contributed by atoms with Gasteiger partial charge in [-0.1, -0.05) is 0 Å². The number of ether oxygens (including phenoxy) is 1. The van der Waals surface area contributed by atoms with Gasteiger partial charge >= 0.3 is 0 Å². The van der Waals surface area contributed by atoms with Crippen molar-refractivity contribution in [1.29, 1.82) is 0 Å². The molecule has 0 aromatic carbocycles. The Balaban J connectivity index is 1.61. The number of morpholine rings is 1. The normalized spacial score (nSPS) is 27.0. The van der Waals surface area contributed by atoms with Gasteiger partial charge in [0.1, 0.15) is 0 Å². The zero-order chi connectivity index (χ0) is 13.5. The first-order chi connectivity index (χ1) is 9.81. The molecule has 0 amide bonds. The molecule has 1 saturated heterocycles. The first-order valence-corrected chi connectivity index (χ1v) is 7.23. The minimum Gasteiger partial charge on any atom is -0.375 e. The second kappa shape index (κ2) is 4.71. The number of nitrogens with one attached hydrogen (secondary N) is 1. The highest BCUT2D eigenvalue weighted by atomic mass is 16.5. The number of hydrogen-bond donors (Lipinski definition) is 1. The Labute approximate surface area is 116 Å². The van der Waals surface area contributed by atoms with Gasteiger partial charge in [0.15, 0.2) is 5.65 Å². The van der Waals surface area contributed by atoms with Crippen LogP contribution in [0, 0.1) is 0 Å². The number of nitrogens with zero attached hydrogens (tertiary/aromatic N) is 3. The smallest absolute Gasteiger partial charge is 0.272 e. The molecule has 6 heteroatoms. The van der Waals surface area contributed by atoms with Crippen molar-refractivity contribution >= 4 is 5.65 Å². The Morgan fingerprint density at radius 2 is 2.40 bits per heavy atom. The molecule has 2 aromatic rings. The summed E-state index contributed by atoms with van der Waals surface area (Å²) in [6, 6.07) is 3.95. The van der Waals surface area contributed by atoms with E-state index in [-0.39, 0.29) is 5.56 Å². The van der Waals surface area contributed by atoms with Crippen LogP contribution in [0.2, 0.25) is 0 Å². The molecule has 6 nitrogen and oxygen atoms in total. The zero-order valence-electron chi connectivity index (χ0n) is 11.3. The third-order valence-electron chi connectivity index (χ3n) is 4.40. The summed E-state index contributed by atoms with van der Waals surface area (Å²) in [5.41, 5.74) is 1.48. The van der Waals surface area contributed by atoms with Crippen LogP contribution in [-0.2, 0) is 11.3 Å². The van der Waals surface area contributed by atoms with E-state index in [1.807, 2.05) is 6.07 Å². The minimum absolute atomic E-state index is 0.0498. The Kier molecular flexibility index (Phi) is 2.85. The van der Waals surface area contributed by atoms with E-state index >= 15 is 0 Å². The summed E-state index contributed by atoms with van der Waals surface area (Å²) in [5.74, 6) is 0. The average Bonchev–Trinajstić information content (AvgIpc) is 3.06. The molecule has 0 bridgehead atoms. The molecule has 0 spiro atoms. The highest BCUT2D eigenvalue weighted by molar-refractivity contribution is 5.36. The van der Waals surface area contributed by atoms with Gasteiger partial charge in [-0.15, -0.1) is 0 Å². The quantitative estimate of drug-likeness (QED) is 0.879. The molecule has 1 aliphatic carbocycles. The van der Waals surface area contributed by atoms with E-state index in [0.29, 0.717) is 17.8 Å². The van der Waals surface area contributed by atoms with Crippen molar-refractivity contribution in [1.82, 2.24) is 19.5 Å². The van der Waals surface area contributed by atoms with Gasteiger partial charge < -0.3 is 4.74 Å². The van der Waals surface area contributed by atoms with Gasteiger partial charge in [0.25, 0.3) is 5.56 Å². The molecular formula is C14H18N4O2. The summed E-state index contributed by atoms with van der Waals surface area (Å²) in [7, 11) is 0. The topological polar surface area (TPSA) is 62.6 Å². The standard InChI is InChI=1S/C14H18N4O2/c19-14-8-10(16-13-4-5-15-18(13)14)9-17-6-7-20-12-3-1-2-11(12)17/h4-5,8,11-12,15H,1-3,6-7,9H2. The van der Waals surface area contributed by atoms with E-state index in [1.54, 1.807) is 12.3 Å². The van der Waals surface area contributed by atoms with Crippen LogP contribution in [0.25, 0.3) is 5.65 Å². The molecule has 20 heavy (non-hydrogen) atoms. The Hall–Kier alpha value is -1.66. The van der Waals surface area contributed by atoms with Crippen molar-refractivity contribution in [2.75, 3.05) is 13.2 Å². The van der Waals surface area contributed by atoms with Crippen LogP contribution in [-0.4, -0.2) is 44.8 Å². The summed E-state index contributed by atoms with van der Waals surface area (Å²) in [6.45, 7) is 2.45. The number of aromatic nitrogens is 3. The first kappa shape index (κ1) is 12.1. The summed E-state index contributed by atoms with van der Waals surface area (Å²) < 4.78 is 7.28. The first-order valence-electron chi connectivity index (χ1n) is 7.23. The molecule has 1 aliphatic heterocycles. The SMILES string of the molecule is O=c1cc(CN2CCOC3CCCC32)nc2cc[nH]n12. The zero-order valence-corrected chi connectivity index (χ0v) is 11.3. The largest absolute Gasteiger partial charge is 0.375 e. The molecule has 1 saturated carbocycles. The van der Waals surface area contributed by atoms with Gasteiger partial charge in [-0.25, -0.2) is 9.50 Å². The molecule has 2 aliphatic rings. The van der Waals surface area contributed by atoms with Crippen LogP contribution in [0.4, 0.5) is 0 Å². The monoisotopic (exact) mass is 274 g/mol. The van der Waals surface area contributed by atoms with E-state index in [0.717, 1.165) is 31.8 Å². The Morgan fingerprint density at radius 1 is 1.45 bits per heavy atom. The second-order valence-electron chi connectivity index (χ2n) is 5.62. The number of H-pyrrole nitrogens is 1. The van der Waals surface area contributed by atoms with Gasteiger partial charge in [-0.05, 0) is 19.3 Å². The fourth-order valence-electron chi connectivity index (χ4n) is 3.47. The van der Waals surface area contributed by atoms with Gasteiger partial charge in [0, 0.05) is 37.5 Å². The second-order valence-corrected chi connectivity index (χ2v) is 5.62. The maximum absolute atomic E-state index is 12.0. The van der Waals surface area contributed by atoms with E-state index in [4.69, 9.17) is 4.74 Å². The lowest BCUT2D eigenvalue weighted by Gasteiger charge is -2.37. The van der Waals surface area contributed by atoms with E-state index in [9.17, 15) is 4.79 Å². The van der Waals surface area contributed by atoms with Crippen LogP contribution in [0.5, 0.6) is 0 Å². The fourth-order valence-corrected chi connectivity index (χ4v) is 3.47. The van der Waals surface area contributed by atoms with Gasteiger partial charge in [0.05, 0.1) is 18.4 Å². The fraction of sp³-hybridized carbons (Fsp3) is 0.571. The predicted octanol–water partition coefficient (Wildman–Crippen LogP) is 0.776. The van der Waals surface area contributed by atoms with Crippen molar-refractivity contribution in [3.63, 3.8) is 0 Å². The highest BCUT2D eigenvalue weighted by Gasteiger charge is 2.36. The van der Waals surface area contributed by atoms with Crippen molar-refractivity contribution in [2.24, 2.45) is 0 Å². The molecule has 3 heterocycles. The molecule has 1 N–H and O–H groups in total. The molecule has 4 rings (SSSR count). The third kappa shape index (κ3) is 1.96. The molecule has 2 unspecified atom stereocenters. The lowest BCUT2D eigenvalue weighted by atomic mass is 10.1. The maximum atomic E-state index is 12.0. The summed E-state index contributed by atoms with van der Waals surface area (Å²) in [4.78, 5) is 19.0. The van der Waals surface area contributed by atoms with Gasteiger partial charge in [0.2, 0.25) is 0 Å². The molecule has 0 radical (unpaired) electrons. The summed E-state index contributed by atoms with van der Waals surface area (Å²) >= 11 is 0. The van der Waals surface area contributed by atoms with Crippen LogP contribution < -0.4 is 5.56 Å².